The molecule has 1 aliphatic rings. The van der Waals surface area contributed by atoms with E-state index in [-0.39, 0.29) is 5.97 Å². The fourth-order valence-electron chi connectivity index (χ4n) is 2.91. The number of rotatable bonds is 4. The van der Waals surface area contributed by atoms with Gasteiger partial charge in [-0.05, 0) is 51.5 Å². The Kier molecular flexibility index (Phi) is 4.65. The van der Waals surface area contributed by atoms with Crippen LogP contribution in [0.15, 0.2) is 11.4 Å². The minimum atomic E-state index is -0.659. The van der Waals surface area contributed by atoms with Crippen molar-refractivity contribution in [2.24, 2.45) is 5.92 Å². The molecule has 0 saturated carbocycles. The molecule has 0 radical (unpaired) electrons. The summed E-state index contributed by atoms with van der Waals surface area (Å²) in [6.07, 6.45) is 5.02. The van der Waals surface area contributed by atoms with Crippen LogP contribution in [0.3, 0.4) is 0 Å². The van der Waals surface area contributed by atoms with E-state index in [1.54, 1.807) is 17.7 Å². The molecule has 1 aliphatic carbocycles. The predicted octanol–water partition coefficient (Wildman–Crippen LogP) is 4.25. The minimum Gasteiger partial charge on any atom is -0.465 e. The van der Waals surface area contributed by atoms with Gasteiger partial charge in [-0.15, -0.1) is 11.3 Å². The average Bonchev–Trinajstić information content (AvgIpc) is 2.85. The lowest BCUT2D eigenvalue weighted by atomic mass is 9.89. The first-order valence-corrected chi connectivity index (χ1v) is 9.67. The summed E-state index contributed by atoms with van der Waals surface area (Å²) < 4.78 is 4.54. The lowest BCUT2D eigenvalue weighted by Crippen LogP contribution is -2.30. The van der Waals surface area contributed by atoms with Gasteiger partial charge in [0.15, 0.2) is 0 Å². The number of hydrogen-bond acceptors (Lipinski definition) is 6. The Labute approximate surface area is 145 Å². The summed E-state index contributed by atoms with van der Waals surface area (Å²) in [5.74, 6) is 0.532. The molecular weight excluding hydrogens is 328 g/mol. The summed E-state index contributed by atoms with van der Waals surface area (Å²) in [4.78, 5) is 23.6. The number of fused-ring (bicyclic) bond motifs is 3. The quantitative estimate of drug-likeness (QED) is 0.469. The SMILES string of the molecule is CCOC(=O)C(C)(C)Sc1ncnc2sc3c(c12)CCC(C)C3. The Morgan fingerprint density at radius 1 is 1.48 bits per heavy atom. The standard InChI is InChI=1S/C17H22N2O2S2/c1-5-21-16(20)17(3,4)23-15-13-11-7-6-10(2)8-12(11)22-14(13)18-9-19-15/h9-10H,5-8H2,1-4H3. The summed E-state index contributed by atoms with van der Waals surface area (Å²) >= 11 is 3.26. The Hall–Kier alpha value is -1.14. The van der Waals surface area contributed by atoms with Crippen molar-refractivity contribution in [1.29, 1.82) is 0 Å². The maximum atomic E-state index is 12.2. The first-order chi connectivity index (χ1) is 10.9. The van der Waals surface area contributed by atoms with E-state index in [1.165, 1.54) is 28.6 Å². The molecule has 6 heteroatoms. The van der Waals surface area contributed by atoms with Crippen LogP contribution in [0.1, 0.15) is 44.6 Å². The van der Waals surface area contributed by atoms with E-state index in [2.05, 4.69) is 16.9 Å². The van der Waals surface area contributed by atoms with Gasteiger partial charge in [0, 0.05) is 10.3 Å². The van der Waals surface area contributed by atoms with Crippen LogP contribution in [0.2, 0.25) is 0 Å². The van der Waals surface area contributed by atoms with E-state index in [9.17, 15) is 4.79 Å². The van der Waals surface area contributed by atoms with Gasteiger partial charge in [-0.1, -0.05) is 18.7 Å². The molecule has 23 heavy (non-hydrogen) atoms. The Morgan fingerprint density at radius 3 is 3.00 bits per heavy atom. The number of thioether (sulfide) groups is 1. The van der Waals surface area contributed by atoms with Crippen molar-refractivity contribution in [1.82, 2.24) is 9.97 Å². The van der Waals surface area contributed by atoms with Crippen LogP contribution in [0.5, 0.6) is 0 Å². The molecular formula is C17H22N2O2S2. The van der Waals surface area contributed by atoms with Gasteiger partial charge in [0.25, 0.3) is 0 Å². The first kappa shape index (κ1) is 16.7. The van der Waals surface area contributed by atoms with Gasteiger partial charge in [0.2, 0.25) is 0 Å². The molecule has 0 N–H and O–H groups in total. The zero-order valence-electron chi connectivity index (χ0n) is 14.0. The van der Waals surface area contributed by atoms with Crippen LogP contribution in [0.25, 0.3) is 10.2 Å². The molecule has 4 nitrogen and oxygen atoms in total. The molecule has 0 aromatic carbocycles. The molecule has 0 fully saturated rings. The number of nitrogens with zero attached hydrogens (tertiary/aromatic N) is 2. The molecule has 124 valence electrons. The fourth-order valence-corrected chi connectivity index (χ4v) is 5.37. The summed E-state index contributed by atoms with van der Waals surface area (Å²) in [5, 5.41) is 2.06. The van der Waals surface area contributed by atoms with Crippen molar-refractivity contribution < 1.29 is 9.53 Å². The van der Waals surface area contributed by atoms with Crippen molar-refractivity contribution >= 4 is 39.3 Å². The molecule has 0 aliphatic heterocycles. The van der Waals surface area contributed by atoms with E-state index >= 15 is 0 Å². The van der Waals surface area contributed by atoms with Gasteiger partial charge in [0.05, 0.1) is 6.61 Å². The second kappa shape index (κ2) is 6.40. The molecule has 1 unspecified atom stereocenters. The van der Waals surface area contributed by atoms with Crippen molar-refractivity contribution in [2.75, 3.05) is 6.61 Å². The lowest BCUT2D eigenvalue weighted by Gasteiger charge is -2.22. The van der Waals surface area contributed by atoms with Crippen LogP contribution >= 0.6 is 23.1 Å². The van der Waals surface area contributed by atoms with Gasteiger partial charge >= 0.3 is 5.97 Å². The summed E-state index contributed by atoms with van der Waals surface area (Å²) in [6.45, 7) is 8.32. The summed E-state index contributed by atoms with van der Waals surface area (Å²) in [6, 6.07) is 0. The smallest absolute Gasteiger partial charge is 0.322 e. The number of carbonyl (C=O) groups excluding carboxylic acids is 1. The zero-order valence-corrected chi connectivity index (χ0v) is 15.6. The monoisotopic (exact) mass is 350 g/mol. The number of ether oxygens (including phenoxy) is 1. The molecule has 0 bridgehead atoms. The maximum Gasteiger partial charge on any atom is 0.322 e. The van der Waals surface area contributed by atoms with E-state index < -0.39 is 4.75 Å². The van der Waals surface area contributed by atoms with Crippen LogP contribution in [0, 0.1) is 5.92 Å². The van der Waals surface area contributed by atoms with Gasteiger partial charge in [-0.2, -0.15) is 0 Å². The largest absolute Gasteiger partial charge is 0.465 e. The Morgan fingerprint density at radius 2 is 2.26 bits per heavy atom. The maximum absolute atomic E-state index is 12.2. The number of hydrogen-bond donors (Lipinski definition) is 0. The van der Waals surface area contributed by atoms with E-state index in [4.69, 9.17) is 4.74 Å². The highest BCUT2D eigenvalue weighted by Crippen LogP contribution is 2.43. The third-order valence-electron chi connectivity index (χ3n) is 4.18. The van der Waals surface area contributed by atoms with E-state index in [0.29, 0.717) is 6.61 Å². The van der Waals surface area contributed by atoms with Crippen LogP contribution in [-0.2, 0) is 22.4 Å². The number of aromatic nitrogens is 2. The Bertz CT molecular complexity index is 740. The second-order valence-electron chi connectivity index (χ2n) is 6.54. The highest BCUT2D eigenvalue weighted by molar-refractivity contribution is 8.01. The number of esters is 1. The Balaban J connectivity index is 2.00. The topological polar surface area (TPSA) is 52.1 Å². The van der Waals surface area contributed by atoms with E-state index in [1.807, 2.05) is 20.8 Å². The third kappa shape index (κ3) is 3.24. The molecule has 1 atom stereocenters. The molecule has 0 saturated heterocycles. The predicted molar refractivity (Wildman–Crippen MR) is 95.2 cm³/mol. The molecule has 3 rings (SSSR count). The van der Waals surface area contributed by atoms with E-state index in [0.717, 1.165) is 34.0 Å². The number of thiophene rings is 1. The van der Waals surface area contributed by atoms with Gasteiger partial charge in [-0.3, -0.25) is 4.79 Å². The summed E-state index contributed by atoms with van der Waals surface area (Å²) in [5.41, 5.74) is 1.39. The summed E-state index contributed by atoms with van der Waals surface area (Å²) in [7, 11) is 0. The third-order valence-corrected chi connectivity index (χ3v) is 6.52. The molecule has 0 spiro atoms. The van der Waals surface area contributed by atoms with Crippen LogP contribution in [0.4, 0.5) is 0 Å². The van der Waals surface area contributed by atoms with Crippen LogP contribution in [-0.4, -0.2) is 27.3 Å². The molecule has 2 aromatic heterocycles. The molecule has 0 amide bonds. The van der Waals surface area contributed by atoms with Gasteiger partial charge in [-0.25, -0.2) is 9.97 Å². The van der Waals surface area contributed by atoms with Crippen molar-refractivity contribution in [3.63, 3.8) is 0 Å². The first-order valence-electron chi connectivity index (χ1n) is 8.04. The fraction of sp³-hybridized carbons (Fsp3) is 0.588. The number of aryl methyl sites for hydroxylation is 1. The van der Waals surface area contributed by atoms with Crippen molar-refractivity contribution in [2.45, 2.75) is 56.7 Å². The molecule has 2 heterocycles. The zero-order chi connectivity index (χ0) is 16.6. The minimum absolute atomic E-state index is 0.200. The van der Waals surface area contributed by atoms with Crippen LogP contribution < -0.4 is 0 Å². The van der Waals surface area contributed by atoms with Gasteiger partial charge < -0.3 is 4.74 Å². The van der Waals surface area contributed by atoms with Crippen molar-refractivity contribution in [3.8, 4) is 0 Å². The lowest BCUT2D eigenvalue weighted by molar-refractivity contribution is -0.145. The highest BCUT2D eigenvalue weighted by atomic mass is 32.2. The van der Waals surface area contributed by atoms with Crippen molar-refractivity contribution in [3.05, 3.63) is 16.8 Å². The second-order valence-corrected chi connectivity index (χ2v) is 9.24. The highest BCUT2D eigenvalue weighted by Gasteiger charge is 2.33. The average molecular weight is 351 g/mol. The van der Waals surface area contributed by atoms with Gasteiger partial charge in [0.1, 0.15) is 20.9 Å². The normalized spacial score (nSPS) is 18.0. The number of carbonyl (C=O) groups is 1. The molecule has 2 aromatic rings.